The fourth-order valence-electron chi connectivity index (χ4n) is 3.32. The highest BCUT2D eigenvalue weighted by Crippen LogP contribution is 2.44. The van der Waals surface area contributed by atoms with Gasteiger partial charge >= 0.3 is 0 Å². The van der Waals surface area contributed by atoms with E-state index in [0.717, 1.165) is 30.6 Å². The van der Waals surface area contributed by atoms with Crippen LogP contribution in [0.15, 0.2) is 54.6 Å². The fraction of sp³-hybridized carbons (Fsp3) is 0.381. The lowest BCUT2D eigenvalue weighted by molar-refractivity contribution is -0.139. The molecule has 0 aromatic heterocycles. The minimum absolute atomic E-state index is 0.215. The Balaban J connectivity index is 1.59. The van der Waals surface area contributed by atoms with E-state index in [-0.39, 0.29) is 11.3 Å². The molecule has 3 nitrogen and oxygen atoms in total. The SMILES string of the molecule is Cc1ccc(OCCN(C)C(=O)C2(c3ccccc3)CCC2)cc1. The number of likely N-dealkylation sites (N-methyl/N-ethyl adjacent to an activating group) is 1. The molecule has 24 heavy (non-hydrogen) atoms. The van der Waals surface area contributed by atoms with Gasteiger partial charge in [-0.2, -0.15) is 0 Å². The van der Waals surface area contributed by atoms with Gasteiger partial charge in [0.25, 0.3) is 0 Å². The summed E-state index contributed by atoms with van der Waals surface area (Å²) in [5.74, 6) is 1.07. The van der Waals surface area contributed by atoms with E-state index >= 15 is 0 Å². The van der Waals surface area contributed by atoms with Crippen LogP contribution < -0.4 is 4.74 Å². The molecule has 0 heterocycles. The van der Waals surface area contributed by atoms with Crippen molar-refractivity contribution in [3.8, 4) is 5.75 Å². The highest BCUT2D eigenvalue weighted by atomic mass is 16.5. The maximum Gasteiger partial charge on any atom is 0.233 e. The third-order valence-corrected chi connectivity index (χ3v) is 5.01. The first-order valence-corrected chi connectivity index (χ1v) is 8.62. The molecule has 3 rings (SSSR count). The molecule has 1 aliphatic carbocycles. The number of carbonyl (C=O) groups excluding carboxylic acids is 1. The van der Waals surface area contributed by atoms with E-state index < -0.39 is 0 Å². The van der Waals surface area contributed by atoms with Gasteiger partial charge in [0.15, 0.2) is 0 Å². The monoisotopic (exact) mass is 323 g/mol. The molecule has 0 unspecified atom stereocenters. The van der Waals surface area contributed by atoms with E-state index in [1.54, 1.807) is 0 Å². The Hall–Kier alpha value is -2.29. The number of amides is 1. The van der Waals surface area contributed by atoms with Crippen molar-refractivity contribution in [2.45, 2.75) is 31.6 Å². The average molecular weight is 323 g/mol. The van der Waals surface area contributed by atoms with E-state index in [9.17, 15) is 4.79 Å². The van der Waals surface area contributed by atoms with Crippen molar-refractivity contribution < 1.29 is 9.53 Å². The number of carbonyl (C=O) groups is 1. The van der Waals surface area contributed by atoms with E-state index in [1.165, 1.54) is 5.56 Å². The number of aryl methyl sites for hydroxylation is 1. The Morgan fingerprint density at radius 3 is 2.33 bits per heavy atom. The Morgan fingerprint density at radius 2 is 1.75 bits per heavy atom. The third-order valence-electron chi connectivity index (χ3n) is 5.01. The van der Waals surface area contributed by atoms with Crippen LogP contribution in [0.2, 0.25) is 0 Å². The van der Waals surface area contributed by atoms with Gasteiger partial charge in [-0.15, -0.1) is 0 Å². The van der Waals surface area contributed by atoms with E-state index in [4.69, 9.17) is 4.74 Å². The zero-order valence-electron chi connectivity index (χ0n) is 14.5. The zero-order valence-corrected chi connectivity index (χ0v) is 14.5. The molecule has 0 spiro atoms. The fourth-order valence-corrected chi connectivity index (χ4v) is 3.32. The van der Waals surface area contributed by atoms with Crippen molar-refractivity contribution in [2.24, 2.45) is 0 Å². The third kappa shape index (κ3) is 3.30. The van der Waals surface area contributed by atoms with Crippen LogP contribution in [-0.2, 0) is 10.2 Å². The molecule has 2 aromatic carbocycles. The van der Waals surface area contributed by atoms with Crippen molar-refractivity contribution in [3.63, 3.8) is 0 Å². The van der Waals surface area contributed by atoms with Crippen LogP contribution in [0.3, 0.4) is 0 Å². The Labute approximate surface area is 144 Å². The van der Waals surface area contributed by atoms with Gasteiger partial charge < -0.3 is 9.64 Å². The topological polar surface area (TPSA) is 29.5 Å². The normalized spacial score (nSPS) is 15.4. The summed E-state index contributed by atoms with van der Waals surface area (Å²) in [5.41, 5.74) is 2.04. The molecule has 0 aliphatic heterocycles. The molecule has 1 saturated carbocycles. The van der Waals surface area contributed by atoms with Gasteiger partial charge in [-0.05, 0) is 37.5 Å². The summed E-state index contributed by atoms with van der Waals surface area (Å²) < 4.78 is 5.76. The van der Waals surface area contributed by atoms with Crippen molar-refractivity contribution in [3.05, 3.63) is 65.7 Å². The molecule has 0 radical (unpaired) electrons. The molecule has 3 heteroatoms. The quantitative estimate of drug-likeness (QED) is 0.805. The Bertz CT molecular complexity index is 675. The highest BCUT2D eigenvalue weighted by molar-refractivity contribution is 5.89. The second kappa shape index (κ2) is 7.08. The summed E-state index contributed by atoms with van der Waals surface area (Å²) in [6.07, 6.45) is 3.01. The maximum absolute atomic E-state index is 13.0. The summed E-state index contributed by atoms with van der Waals surface area (Å²) in [7, 11) is 1.88. The number of ether oxygens (including phenoxy) is 1. The average Bonchev–Trinajstić information content (AvgIpc) is 2.56. The summed E-state index contributed by atoms with van der Waals surface area (Å²) >= 11 is 0. The van der Waals surface area contributed by atoms with Crippen LogP contribution in [0.1, 0.15) is 30.4 Å². The summed E-state index contributed by atoms with van der Waals surface area (Å²) in [6, 6.07) is 18.2. The number of rotatable bonds is 6. The molecule has 0 N–H and O–H groups in total. The molecule has 126 valence electrons. The summed E-state index contributed by atoms with van der Waals surface area (Å²) in [5, 5.41) is 0. The number of hydrogen-bond acceptors (Lipinski definition) is 2. The summed E-state index contributed by atoms with van der Waals surface area (Å²) in [4.78, 5) is 14.8. The molecule has 2 aromatic rings. The molecule has 0 bridgehead atoms. The zero-order chi connectivity index (χ0) is 17.0. The van der Waals surface area contributed by atoms with Crippen LogP contribution in [0.25, 0.3) is 0 Å². The van der Waals surface area contributed by atoms with Gasteiger partial charge in [-0.1, -0.05) is 54.4 Å². The second-order valence-electron chi connectivity index (χ2n) is 6.69. The molecule has 1 amide bonds. The Morgan fingerprint density at radius 1 is 1.08 bits per heavy atom. The lowest BCUT2D eigenvalue weighted by atomic mass is 9.63. The number of hydrogen-bond donors (Lipinski definition) is 0. The smallest absolute Gasteiger partial charge is 0.233 e. The highest BCUT2D eigenvalue weighted by Gasteiger charge is 2.46. The number of nitrogens with zero attached hydrogens (tertiary/aromatic N) is 1. The summed E-state index contributed by atoms with van der Waals surface area (Å²) in [6.45, 7) is 3.16. The van der Waals surface area contributed by atoms with Crippen LogP contribution in [0.5, 0.6) is 5.75 Å². The van der Waals surface area contributed by atoms with Gasteiger partial charge in [-0.3, -0.25) is 4.79 Å². The lowest BCUT2D eigenvalue weighted by Crippen LogP contribution is -2.50. The number of benzene rings is 2. The van der Waals surface area contributed by atoms with E-state index in [2.05, 4.69) is 19.1 Å². The largest absolute Gasteiger partial charge is 0.492 e. The first kappa shape index (κ1) is 16.6. The van der Waals surface area contributed by atoms with E-state index in [1.807, 2.05) is 54.4 Å². The van der Waals surface area contributed by atoms with Crippen molar-refractivity contribution in [1.29, 1.82) is 0 Å². The van der Waals surface area contributed by atoms with Crippen molar-refractivity contribution >= 4 is 5.91 Å². The molecule has 0 atom stereocenters. The predicted molar refractivity (Wildman–Crippen MR) is 96.3 cm³/mol. The van der Waals surface area contributed by atoms with Gasteiger partial charge in [0.1, 0.15) is 12.4 Å². The first-order valence-electron chi connectivity index (χ1n) is 8.62. The standard InChI is InChI=1S/C21H25NO2/c1-17-9-11-19(12-10-17)24-16-15-22(2)20(23)21(13-6-14-21)18-7-4-3-5-8-18/h3-5,7-12H,6,13-16H2,1-2H3. The van der Waals surface area contributed by atoms with E-state index in [0.29, 0.717) is 13.2 Å². The van der Waals surface area contributed by atoms with Crippen LogP contribution in [0, 0.1) is 6.92 Å². The van der Waals surface area contributed by atoms with Crippen LogP contribution in [0.4, 0.5) is 0 Å². The van der Waals surface area contributed by atoms with Crippen LogP contribution >= 0.6 is 0 Å². The Kier molecular flexibility index (Phi) is 4.89. The minimum Gasteiger partial charge on any atom is -0.492 e. The van der Waals surface area contributed by atoms with Gasteiger partial charge in [-0.25, -0.2) is 0 Å². The second-order valence-corrected chi connectivity index (χ2v) is 6.69. The maximum atomic E-state index is 13.0. The van der Waals surface area contributed by atoms with Crippen LogP contribution in [-0.4, -0.2) is 31.0 Å². The first-order chi connectivity index (χ1) is 11.6. The molecule has 1 aliphatic rings. The molecular formula is C21H25NO2. The molecule has 0 saturated heterocycles. The van der Waals surface area contributed by atoms with Gasteiger partial charge in [0.2, 0.25) is 5.91 Å². The predicted octanol–water partition coefficient (Wildman–Crippen LogP) is 3.95. The molecular weight excluding hydrogens is 298 g/mol. The molecule has 1 fully saturated rings. The van der Waals surface area contributed by atoms with Crippen molar-refractivity contribution in [2.75, 3.05) is 20.2 Å². The van der Waals surface area contributed by atoms with Gasteiger partial charge in [0, 0.05) is 7.05 Å². The lowest BCUT2D eigenvalue weighted by Gasteiger charge is -2.43. The van der Waals surface area contributed by atoms with Gasteiger partial charge in [0.05, 0.1) is 12.0 Å². The minimum atomic E-state index is -0.320. The van der Waals surface area contributed by atoms with Crippen molar-refractivity contribution in [1.82, 2.24) is 4.90 Å².